The fourth-order valence-corrected chi connectivity index (χ4v) is 8.31. The van der Waals surface area contributed by atoms with Crippen LogP contribution in [0.15, 0.2) is 142 Å². The Hall–Kier alpha value is -6.14. The van der Waals surface area contributed by atoms with Crippen molar-refractivity contribution in [2.45, 2.75) is 91.9 Å². The predicted molar refractivity (Wildman–Crippen MR) is 260 cm³/mol. The molecule has 0 spiro atoms. The zero-order valence-corrected chi connectivity index (χ0v) is 40.7. The second-order valence-electron chi connectivity index (χ2n) is 19.1. The molecule has 10 rings (SSSR count). The first-order chi connectivity index (χ1) is 30.2. The first kappa shape index (κ1) is 44.5. The number of hydrogen-bond acceptors (Lipinski definition) is 5. The minimum atomic E-state index is -0.273. The van der Waals surface area contributed by atoms with Crippen LogP contribution >= 0.6 is 0 Å². The Balaban J connectivity index is 0.000000279. The molecular formula is C57H54IrN4O2-2. The molecule has 7 heteroatoms. The van der Waals surface area contributed by atoms with Gasteiger partial charge in [-0.05, 0) is 92.5 Å². The third-order valence-electron chi connectivity index (χ3n) is 11.7. The average Bonchev–Trinajstić information content (AvgIpc) is 4.00. The Bertz CT molecular complexity index is 3220. The zero-order valence-electron chi connectivity index (χ0n) is 38.3. The van der Waals surface area contributed by atoms with Crippen LogP contribution in [0.3, 0.4) is 0 Å². The van der Waals surface area contributed by atoms with Crippen molar-refractivity contribution in [3.8, 4) is 39.5 Å². The minimum absolute atomic E-state index is 0. The topological polar surface area (TPSA) is 69.9 Å². The van der Waals surface area contributed by atoms with E-state index in [1.165, 1.54) is 27.8 Å². The van der Waals surface area contributed by atoms with Gasteiger partial charge in [-0.2, -0.15) is 0 Å². The number of fused-ring (bicyclic) bond motifs is 6. The molecular weight excluding hydrogens is 965 g/mol. The molecule has 4 aromatic heterocycles. The average molecular weight is 1020 g/mol. The molecule has 0 N–H and O–H groups in total. The Morgan fingerprint density at radius 1 is 0.656 bits per heavy atom. The molecule has 4 heterocycles. The van der Waals surface area contributed by atoms with E-state index in [-0.39, 0.29) is 42.8 Å². The fraction of sp³-hybridized carbons (Fsp3) is 0.246. The van der Waals surface area contributed by atoms with Crippen LogP contribution in [0.2, 0.25) is 0 Å². The number of benzene rings is 6. The monoisotopic (exact) mass is 1020 g/mol. The number of aromatic nitrogens is 4. The van der Waals surface area contributed by atoms with Crippen LogP contribution in [0, 0.1) is 12.1 Å². The van der Waals surface area contributed by atoms with Gasteiger partial charge in [-0.15, -0.1) is 35.9 Å². The summed E-state index contributed by atoms with van der Waals surface area (Å²) in [6.45, 7) is 22.1. The molecule has 0 aliphatic carbocycles. The number of furan rings is 1. The van der Waals surface area contributed by atoms with Gasteiger partial charge in [-0.1, -0.05) is 148 Å². The van der Waals surface area contributed by atoms with Gasteiger partial charge < -0.3 is 18.4 Å². The molecule has 0 amide bonds. The molecule has 0 aliphatic heterocycles. The van der Waals surface area contributed by atoms with Crippen molar-refractivity contribution in [2.75, 3.05) is 0 Å². The molecule has 0 saturated heterocycles. The van der Waals surface area contributed by atoms with Crippen molar-refractivity contribution in [3.05, 3.63) is 168 Å². The molecule has 0 bridgehead atoms. The molecule has 0 fully saturated rings. The van der Waals surface area contributed by atoms with Gasteiger partial charge >= 0.3 is 0 Å². The quantitative estimate of drug-likeness (QED) is 0.155. The van der Waals surface area contributed by atoms with Crippen LogP contribution in [0.25, 0.3) is 83.5 Å². The first-order valence-corrected chi connectivity index (χ1v) is 22.0. The van der Waals surface area contributed by atoms with E-state index in [0.717, 1.165) is 61.2 Å². The number of oxazole rings is 1. The normalized spacial score (nSPS) is 12.1. The van der Waals surface area contributed by atoms with E-state index in [4.69, 9.17) is 18.8 Å². The number of para-hydroxylation sites is 3. The maximum absolute atomic E-state index is 6.69. The first-order valence-electron chi connectivity index (χ1n) is 22.0. The van der Waals surface area contributed by atoms with E-state index in [2.05, 4.69) is 170 Å². The van der Waals surface area contributed by atoms with Crippen LogP contribution in [0.4, 0.5) is 0 Å². The molecule has 6 aromatic carbocycles. The zero-order chi connectivity index (χ0) is 44.2. The Labute approximate surface area is 390 Å². The van der Waals surface area contributed by atoms with Crippen molar-refractivity contribution in [2.24, 2.45) is 0 Å². The van der Waals surface area contributed by atoms with Crippen molar-refractivity contribution in [3.63, 3.8) is 0 Å². The number of rotatable bonds is 6. The van der Waals surface area contributed by atoms with Gasteiger partial charge in [0.2, 0.25) is 0 Å². The maximum atomic E-state index is 6.69. The molecule has 10 aromatic rings. The van der Waals surface area contributed by atoms with Crippen LogP contribution in [0.5, 0.6) is 0 Å². The van der Waals surface area contributed by atoms with Crippen molar-refractivity contribution < 1.29 is 28.9 Å². The summed E-state index contributed by atoms with van der Waals surface area (Å²) in [4.78, 5) is 14.7. The van der Waals surface area contributed by atoms with E-state index in [1.54, 1.807) is 0 Å². The minimum Gasteiger partial charge on any atom is -0.500 e. The summed E-state index contributed by atoms with van der Waals surface area (Å²) in [6, 6.07) is 50.9. The summed E-state index contributed by atoms with van der Waals surface area (Å²) in [5, 5.41) is 1.92. The number of imidazole rings is 1. The molecule has 64 heavy (non-hydrogen) atoms. The van der Waals surface area contributed by atoms with Gasteiger partial charge in [0.1, 0.15) is 5.58 Å². The summed E-state index contributed by atoms with van der Waals surface area (Å²) in [6.07, 6.45) is 1.87. The smallest absolute Gasteiger partial charge is 0.189 e. The molecule has 6 nitrogen and oxygen atoms in total. The molecule has 0 unspecified atom stereocenters. The third kappa shape index (κ3) is 8.35. The summed E-state index contributed by atoms with van der Waals surface area (Å²) in [5.74, 6) is 1.94. The summed E-state index contributed by atoms with van der Waals surface area (Å²) >= 11 is 0. The molecule has 0 aliphatic rings. The molecule has 0 saturated carbocycles. The summed E-state index contributed by atoms with van der Waals surface area (Å²) in [7, 11) is 0. The van der Waals surface area contributed by atoms with Gasteiger partial charge in [0, 0.05) is 48.3 Å². The van der Waals surface area contributed by atoms with Crippen LogP contribution in [0.1, 0.15) is 104 Å². The van der Waals surface area contributed by atoms with Crippen LogP contribution < -0.4 is 0 Å². The standard InChI is InChI=1S/C42H38N3O2.C15H16N.Ir/c1-24(2)29-21-27(26-15-9-8-10-16-26)22-30(25(3)4)38(29)45-33-19-13-12-18-32(33)43-40(45)31-23-35-37(44-41(47-35)42(5,6)7)36-28-17-11-14-20-34(28)46-39(31)36;1-15(2,3)13-9-10-16-14(11-13)12-7-5-4-6-8-12;/h8-22,24-25H,1-7H3;4-7,9-11H,1-3H3;/q2*-1;. The van der Waals surface area contributed by atoms with E-state index in [0.29, 0.717) is 17.1 Å². The predicted octanol–water partition coefficient (Wildman–Crippen LogP) is 15.6. The third-order valence-corrected chi connectivity index (χ3v) is 11.7. The Kier molecular flexibility index (Phi) is 12.1. The maximum Gasteiger partial charge on any atom is 0.189 e. The van der Waals surface area contributed by atoms with E-state index < -0.39 is 0 Å². The van der Waals surface area contributed by atoms with Crippen LogP contribution in [-0.4, -0.2) is 19.5 Å². The van der Waals surface area contributed by atoms with Gasteiger partial charge in [0.25, 0.3) is 0 Å². The van der Waals surface area contributed by atoms with E-state index >= 15 is 0 Å². The SMILES string of the molecule is CC(C)(C)c1ccnc(-c2[c-]cccc2)c1.CC(C)c1cc(-c2ccccc2)cc(C(C)C)c1-n1c(-c2[c-]c3oc(C(C)(C)C)nc3c3c2oc2ccccc23)nc2ccccc21.[Ir]. The molecule has 0 atom stereocenters. The van der Waals surface area contributed by atoms with Gasteiger partial charge in [-0.25, -0.2) is 0 Å². The van der Waals surface area contributed by atoms with E-state index in [1.807, 2.05) is 54.7 Å². The summed E-state index contributed by atoms with van der Waals surface area (Å²) < 4.78 is 15.5. The second-order valence-corrected chi connectivity index (χ2v) is 19.1. The largest absolute Gasteiger partial charge is 0.500 e. The van der Waals surface area contributed by atoms with Gasteiger partial charge in [0.15, 0.2) is 5.89 Å². The Morgan fingerprint density at radius 2 is 1.33 bits per heavy atom. The van der Waals surface area contributed by atoms with E-state index in [9.17, 15) is 0 Å². The molecule has 325 valence electrons. The van der Waals surface area contributed by atoms with Crippen LogP contribution in [-0.2, 0) is 30.9 Å². The fourth-order valence-electron chi connectivity index (χ4n) is 8.31. The number of hydrogen-bond donors (Lipinski definition) is 0. The van der Waals surface area contributed by atoms with Gasteiger partial charge in [0.05, 0.1) is 28.0 Å². The number of nitrogens with zero attached hydrogens (tertiary/aromatic N) is 4. The van der Waals surface area contributed by atoms with Crippen molar-refractivity contribution in [1.29, 1.82) is 0 Å². The van der Waals surface area contributed by atoms with Crippen molar-refractivity contribution in [1.82, 2.24) is 19.5 Å². The van der Waals surface area contributed by atoms with Gasteiger partial charge in [-0.3, -0.25) is 9.97 Å². The summed E-state index contributed by atoms with van der Waals surface area (Å²) in [5.41, 5.74) is 14.9. The molecule has 1 radical (unpaired) electrons. The number of pyridine rings is 1. The second kappa shape index (κ2) is 17.4. The van der Waals surface area contributed by atoms with Crippen molar-refractivity contribution >= 4 is 44.1 Å². The Morgan fingerprint density at radius 3 is 2.00 bits per heavy atom.